The van der Waals surface area contributed by atoms with Gasteiger partial charge in [-0.2, -0.15) is 11.8 Å². The average Bonchev–Trinajstić information content (AvgIpc) is 2.46. The van der Waals surface area contributed by atoms with Gasteiger partial charge in [0.05, 0.1) is 4.92 Å². The predicted octanol–water partition coefficient (Wildman–Crippen LogP) is 2.06. The van der Waals surface area contributed by atoms with E-state index in [1.807, 2.05) is 6.26 Å². The fraction of sp³-hybridized carbons (Fsp3) is 0.500. The second-order valence-electron chi connectivity index (χ2n) is 4.29. The zero-order chi connectivity index (χ0) is 15.9. The standard InChI is InChI=1S/C12H19N3O4S2/c1-13-10-5-6-11(15(16)17)12(9-10)21(18,19)14-7-3-4-8-20-2/h5-6,9,13-14H,3-4,7-8H2,1-2H3. The molecular weight excluding hydrogens is 314 g/mol. The van der Waals surface area contributed by atoms with Gasteiger partial charge in [-0.15, -0.1) is 0 Å². The number of unbranched alkanes of at least 4 members (excludes halogenated alkanes) is 1. The van der Waals surface area contributed by atoms with Crippen LogP contribution in [-0.2, 0) is 10.0 Å². The third-order valence-corrected chi connectivity index (χ3v) is 4.99. The molecule has 1 aromatic rings. The predicted molar refractivity (Wildman–Crippen MR) is 85.4 cm³/mol. The van der Waals surface area contributed by atoms with Crippen LogP contribution in [0.3, 0.4) is 0 Å². The minimum Gasteiger partial charge on any atom is -0.388 e. The summed E-state index contributed by atoms with van der Waals surface area (Å²) in [5, 5.41) is 13.7. The Kier molecular flexibility index (Phi) is 6.93. The van der Waals surface area contributed by atoms with Gasteiger partial charge in [0, 0.05) is 25.3 Å². The zero-order valence-electron chi connectivity index (χ0n) is 12.0. The number of benzene rings is 1. The fourth-order valence-corrected chi connectivity index (χ4v) is 3.45. The number of hydrogen-bond acceptors (Lipinski definition) is 6. The molecule has 0 fully saturated rings. The summed E-state index contributed by atoms with van der Waals surface area (Å²) >= 11 is 1.69. The van der Waals surface area contributed by atoms with Gasteiger partial charge >= 0.3 is 0 Å². The summed E-state index contributed by atoms with van der Waals surface area (Å²) in [7, 11) is -2.28. The van der Waals surface area contributed by atoms with E-state index < -0.39 is 20.6 Å². The van der Waals surface area contributed by atoms with Crippen LogP contribution in [0.2, 0.25) is 0 Å². The first-order chi connectivity index (χ1) is 9.92. The Morgan fingerprint density at radius 2 is 2.05 bits per heavy atom. The van der Waals surface area contributed by atoms with Crippen molar-refractivity contribution in [2.45, 2.75) is 17.7 Å². The van der Waals surface area contributed by atoms with Gasteiger partial charge in [-0.05, 0) is 37.0 Å². The van der Waals surface area contributed by atoms with Crippen LogP contribution in [0, 0.1) is 10.1 Å². The fourth-order valence-electron chi connectivity index (χ4n) is 1.69. The minimum atomic E-state index is -3.89. The van der Waals surface area contributed by atoms with Crippen LogP contribution >= 0.6 is 11.8 Å². The van der Waals surface area contributed by atoms with Crippen molar-refractivity contribution in [3.8, 4) is 0 Å². The Bertz CT molecular complexity index is 590. The van der Waals surface area contributed by atoms with Gasteiger partial charge in [-0.25, -0.2) is 13.1 Å². The molecule has 0 spiro atoms. The summed E-state index contributed by atoms with van der Waals surface area (Å²) in [5.41, 5.74) is 0.0778. The number of thioether (sulfide) groups is 1. The smallest absolute Gasteiger partial charge is 0.289 e. The van der Waals surface area contributed by atoms with Crippen LogP contribution in [-0.4, -0.2) is 38.9 Å². The molecule has 0 heterocycles. The molecule has 0 radical (unpaired) electrons. The van der Waals surface area contributed by atoms with Crippen LogP contribution in [0.4, 0.5) is 11.4 Å². The van der Waals surface area contributed by atoms with Crippen molar-refractivity contribution in [2.75, 3.05) is 30.9 Å². The van der Waals surface area contributed by atoms with E-state index in [0.29, 0.717) is 12.1 Å². The highest BCUT2D eigenvalue weighted by molar-refractivity contribution is 7.98. The van der Waals surface area contributed by atoms with Crippen LogP contribution in [0.25, 0.3) is 0 Å². The first kappa shape index (κ1) is 17.7. The number of nitro benzene ring substituents is 1. The van der Waals surface area contributed by atoms with Crippen molar-refractivity contribution < 1.29 is 13.3 Å². The molecule has 0 aliphatic heterocycles. The zero-order valence-corrected chi connectivity index (χ0v) is 13.6. The highest BCUT2D eigenvalue weighted by Crippen LogP contribution is 2.26. The first-order valence-electron chi connectivity index (χ1n) is 6.37. The van der Waals surface area contributed by atoms with E-state index >= 15 is 0 Å². The molecule has 0 aliphatic carbocycles. The van der Waals surface area contributed by atoms with E-state index in [4.69, 9.17) is 0 Å². The summed E-state index contributed by atoms with van der Waals surface area (Å²) in [6, 6.07) is 3.92. The van der Waals surface area contributed by atoms with Crippen LogP contribution < -0.4 is 10.0 Å². The molecule has 0 saturated heterocycles. The third-order valence-electron chi connectivity index (χ3n) is 2.80. The van der Waals surface area contributed by atoms with E-state index in [1.165, 1.54) is 18.2 Å². The van der Waals surface area contributed by atoms with Gasteiger partial charge in [0.2, 0.25) is 10.0 Å². The molecule has 21 heavy (non-hydrogen) atoms. The Balaban J connectivity index is 2.92. The lowest BCUT2D eigenvalue weighted by Crippen LogP contribution is -2.25. The lowest BCUT2D eigenvalue weighted by molar-refractivity contribution is -0.387. The molecule has 0 bridgehead atoms. The van der Waals surface area contributed by atoms with Crippen molar-refractivity contribution in [2.24, 2.45) is 0 Å². The van der Waals surface area contributed by atoms with Crippen LogP contribution in [0.5, 0.6) is 0 Å². The molecule has 2 N–H and O–H groups in total. The molecule has 0 aliphatic rings. The summed E-state index contributed by atoms with van der Waals surface area (Å²) in [6.07, 6.45) is 3.57. The molecule has 0 unspecified atom stereocenters. The Morgan fingerprint density at radius 3 is 2.62 bits per heavy atom. The molecule has 118 valence electrons. The number of rotatable bonds is 9. The van der Waals surface area contributed by atoms with Gasteiger partial charge in [-0.3, -0.25) is 10.1 Å². The summed E-state index contributed by atoms with van der Waals surface area (Å²) < 4.78 is 26.8. The molecule has 1 rings (SSSR count). The van der Waals surface area contributed by atoms with Crippen molar-refractivity contribution in [1.29, 1.82) is 0 Å². The van der Waals surface area contributed by atoms with Crippen molar-refractivity contribution in [3.05, 3.63) is 28.3 Å². The van der Waals surface area contributed by atoms with Crippen LogP contribution in [0.15, 0.2) is 23.1 Å². The summed E-state index contributed by atoms with van der Waals surface area (Å²) in [5.74, 6) is 0.955. The number of nitrogens with one attached hydrogen (secondary N) is 2. The molecule has 0 amide bonds. The molecule has 1 aromatic carbocycles. The Labute approximate surface area is 128 Å². The van der Waals surface area contributed by atoms with Gasteiger partial charge in [-0.1, -0.05) is 0 Å². The first-order valence-corrected chi connectivity index (χ1v) is 9.25. The molecular formula is C12H19N3O4S2. The quantitative estimate of drug-likeness (QED) is 0.407. The monoisotopic (exact) mass is 333 g/mol. The van der Waals surface area contributed by atoms with Crippen molar-refractivity contribution >= 4 is 33.2 Å². The van der Waals surface area contributed by atoms with Gasteiger partial charge in [0.15, 0.2) is 4.90 Å². The van der Waals surface area contributed by atoms with Gasteiger partial charge < -0.3 is 5.32 Å². The lowest BCUT2D eigenvalue weighted by Gasteiger charge is -2.09. The Morgan fingerprint density at radius 1 is 1.33 bits per heavy atom. The average molecular weight is 333 g/mol. The van der Waals surface area contributed by atoms with E-state index in [0.717, 1.165) is 12.2 Å². The number of sulfonamides is 1. The molecule has 9 heteroatoms. The number of hydrogen-bond donors (Lipinski definition) is 2. The van der Waals surface area contributed by atoms with E-state index in [9.17, 15) is 18.5 Å². The maximum atomic E-state index is 12.2. The number of nitrogens with zero attached hydrogens (tertiary/aromatic N) is 1. The molecule has 0 atom stereocenters. The lowest BCUT2D eigenvalue weighted by atomic mass is 10.3. The maximum Gasteiger partial charge on any atom is 0.289 e. The second kappa shape index (κ2) is 8.20. The molecule has 0 aromatic heterocycles. The maximum absolute atomic E-state index is 12.2. The van der Waals surface area contributed by atoms with E-state index in [-0.39, 0.29) is 11.4 Å². The van der Waals surface area contributed by atoms with E-state index in [1.54, 1.807) is 18.8 Å². The van der Waals surface area contributed by atoms with E-state index in [2.05, 4.69) is 10.0 Å². The largest absolute Gasteiger partial charge is 0.388 e. The highest BCUT2D eigenvalue weighted by atomic mass is 32.2. The van der Waals surface area contributed by atoms with Crippen molar-refractivity contribution in [3.63, 3.8) is 0 Å². The SMILES string of the molecule is CNc1ccc([N+](=O)[O-])c(S(=O)(=O)NCCCCSC)c1. The third kappa shape index (κ3) is 5.18. The second-order valence-corrected chi connectivity index (χ2v) is 7.01. The highest BCUT2D eigenvalue weighted by Gasteiger charge is 2.25. The van der Waals surface area contributed by atoms with Gasteiger partial charge in [0.1, 0.15) is 0 Å². The van der Waals surface area contributed by atoms with Crippen LogP contribution in [0.1, 0.15) is 12.8 Å². The van der Waals surface area contributed by atoms with Crippen molar-refractivity contribution in [1.82, 2.24) is 4.72 Å². The minimum absolute atomic E-state index is 0.268. The molecule has 7 nitrogen and oxygen atoms in total. The normalized spacial score (nSPS) is 11.3. The molecule has 0 saturated carbocycles. The number of nitro groups is 1. The summed E-state index contributed by atoms with van der Waals surface area (Å²) in [6.45, 7) is 0.268. The number of anilines is 1. The van der Waals surface area contributed by atoms with Gasteiger partial charge in [0.25, 0.3) is 5.69 Å². The Hall–Kier alpha value is -1.32. The summed E-state index contributed by atoms with van der Waals surface area (Å²) in [4.78, 5) is 9.97. The topological polar surface area (TPSA) is 101 Å².